The van der Waals surface area contributed by atoms with Gasteiger partial charge in [-0.2, -0.15) is 0 Å². The molecule has 0 atom stereocenters. The molecule has 0 aliphatic carbocycles. The van der Waals surface area contributed by atoms with Crippen molar-refractivity contribution in [3.8, 4) is 0 Å². The van der Waals surface area contributed by atoms with Crippen LogP contribution in [0.15, 0.2) is 48.5 Å². The minimum Gasteiger partial charge on any atom is -0.352 e. The van der Waals surface area contributed by atoms with E-state index in [1.807, 2.05) is 31.2 Å². The van der Waals surface area contributed by atoms with Crippen LogP contribution >= 0.6 is 0 Å². The van der Waals surface area contributed by atoms with Crippen molar-refractivity contribution in [2.75, 3.05) is 0 Å². The molecule has 0 fully saturated rings. The molecule has 0 aliphatic heterocycles. The maximum atomic E-state index is 12.8. The molecule has 4 heteroatoms. The van der Waals surface area contributed by atoms with Gasteiger partial charge in [-0.3, -0.25) is 9.59 Å². The quantitative estimate of drug-likeness (QED) is 0.831. The van der Waals surface area contributed by atoms with Crippen LogP contribution in [0.4, 0.5) is 4.39 Å². The molecule has 3 nitrogen and oxygen atoms in total. The van der Waals surface area contributed by atoms with E-state index in [-0.39, 0.29) is 30.3 Å². The summed E-state index contributed by atoms with van der Waals surface area (Å²) in [6.07, 6.45) is 0.243. The second-order valence-corrected chi connectivity index (χ2v) is 5.19. The summed E-state index contributed by atoms with van der Waals surface area (Å²) in [4.78, 5) is 23.6. The zero-order valence-corrected chi connectivity index (χ0v) is 12.4. The number of aryl methyl sites for hydroxylation is 1. The highest BCUT2D eigenvalue weighted by Crippen LogP contribution is 2.08. The third-order valence-electron chi connectivity index (χ3n) is 3.36. The Labute approximate surface area is 129 Å². The van der Waals surface area contributed by atoms with Crippen molar-refractivity contribution in [2.24, 2.45) is 0 Å². The first kappa shape index (κ1) is 15.9. The average Bonchev–Trinajstić information content (AvgIpc) is 2.52. The molecular weight excluding hydrogens is 281 g/mol. The fourth-order valence-corrected chi connectivity index (χ4v) is 2.00. The maximum Gasteiger partial charge on any atom is 0.220 e. The van der Waals surface area contributed by atoms with Crippen molar-refractivity contribution in [1.82, 2.24) is 5.32 Å². The monoisotopic (exact) mass is 299 g/mol. The van der Waals surface area contributed by atoms with E-state index >= 15 is 0 Å². The van der Waals surface area contributed by atoms with E-state index in [4.69, 9.17) is 0 Å². The third kappa shape index (κ3) is 4.81. The van der Waals surface area contributed by atoms with Crippen LogP contribution in [-0.2, 0) is 11.3 Å². The van der Waals surface area contributed by atoms with Crippen LogP contribution in [0.5, 0.6) is 0 Å². The molecule has 0 unspecified atom stereocenters. The SMILES string of the molecule is Cc1ccc(CNC(=O)CCC(=O)c2ccc(F)cc2)cc1. The van der Waals surface area contributed by atoms with Gasteiger partial charge in [0.05, 0.1) is 0 Å². The van der Waals surface area contributed by atoms with Crippen LogP contribution in [0.3, 0.4) is 0 Å². The van der Waals surface area contributed by atoms with Gasteiger partial charge in [-0.25, -0.2) is 4.39 Å². The predicted molar refractivity (Wildman–Crippen MR) is 83.0 cm³/mol. The van der Waals surface area contributed by atoms with E-state index in [2.05, 4.69) is 5.32 Å². The van der Waals surface area contributed by atoms with Crippen LogP contribution in [0.1, 0.15) is 34.3 Å². The van der Waals surface area contributed by atoms with E-state index in [0.717, 1.165) is 5.56 Å². The van der Waals surface area contributed by atoms with Crippen molar-refractivity contribution in [1.29, 1.82) is 0 Å². The lowest BCUT2D eigenvalue weighted by Crippen LogP contribution is -2.23. The summed E-state index contributed by atoms with van der Waals surface area (Å²) in [5.41, 5.74) is 2.61. The maximum absolute atomic E-state index is 12.8. The van der Waals surface area contributed by atoms with E-state index in [1.165, 1.54) is 29.8 Å². The number of hydrogen-bond acceptors (Lipinski definition) is 2. The molecule has 0 saturated heterocycles. The van der Waals surface area contributed by atoms with Crippen LogP contribution in [-0.4, -0.2) is 11.7 Å². The number of hydrogen-bond donors (Lipinski definition) is 1. The van der Waals surface area contributed by atoms with Gasteiger partial charge in [0, 0.05) is 24.9 Å². The highest BCUT2D eigenvalue weighted by Gasteiger charge is 2.09. The summed E-state index contributed by atoms with van der Waals surface area (Å²) in [5.74, 6) is -0.714. The molecule has 0 aliphatic rings. The molecule has 0 bridgehead atoms. The minimum atomic E-state index is -0.382. The number of rotatable bonds is 6. The Balaban J connectivity index is 1.76. The van der Waals surface area contributed by atoms with E-state index in [0.29, 0.717) is 12.1 Å². The summed E-state index contributed by atoms with van der Waals surface area (Å²) in [7, 11) is 0. The summed E-state index contributed by atoms with van der Waals surface area (Å²) in [6, 6.07) is 13.2. The molecule has 0 heterocycles. The molecule has 0 spiro atoms. The minimum absolute atomic E-state index is 0.116. The Kier molecular flexibility index (Phi) is 5.42. The number of ketones is 1. The topological polar surface area (TPSA) is 46.2 Å². The van der Waals surface area contributed by atoms with Crippen molar-refractivity contribution in [3.63, 3.8) is 0 Å². The van der Waals surface area contributed by atoms with Crippen molar-refractivity contribution in [2.45, 2.75) is 26.3 Å². The Bertz CT molecular complexity index is 648. The first-order valence-corrected chi connectivity index (χ1v) is 7.15. The Morgan fingerprint density at radius 3 is 2.23 bits per heavy atom. The third-order valence-corrected chi connectivity index (χ3v) is 3.36. The first-order chi connectivity index (χ1) is 10.5. The summed E-state index contributed by atoms with van der Waals surface area (Å²) < 4.78 is 12.8. The van der Waals surface area contributed by atoms with Gasteiger partial charge in [0.2, 0.25) is 5.91 Å². The number of carbonyl (C=O) groups is 2. The molecule has 1 N–H and O–H groups in total. The Morgan fingerprint density at radius 2 is 1.59 bits per heavy atom. The van der Waals surface area contributed by atoms with Gasteiger partial charge in [-0.1, -0.05) is 29.8 Å². The lowest BCUT2D eigenvalue weighted by molar-refractivity contribution is -0.121. The first-order valence-electron chi connectivity index (χ1n) is 7.15. The van der Waals surface area contributed by atoms with Crippen LogP contribution in [0, 0.1) is 12.7 Å². The zero-order valence-electron chi connectivity index (χ0n) is 12.4. The smallest absolute Gasteiger partial charge is 0.220 e. The molecule has 2 aromatic rings. The standard InChI is InChI=1S/C18H18FNO2/c1-13-2-4-14(5-3-13)12-20-18(22)11-10-17(21)15-6-8-16(19)9-7-15/h2-9H,10-12H2,1H3,(H,20,22). The van der Waals surface area contributed by atoms with Gasteiger partial charge in [-0.15, -0.1) is 0 Å². The lowest BCUT2D eigenvalue weighted by Gasteiger charge is -2.06. The number of amides is 1. The molecule has 2 aromatic carbocycles. The summed E-state index contributed by atoms with van der Waals surface area (Å²) in [5, 5.41) is 2.78. The van der Waals surface area contributed by atoms with Gasteiger partial charge < -0.3 is 5.32 Å². The average molecular weight is 299 g/mol. The molecule has 1 amide bonds. The van der Waals surface area contributed by atoms with Gasteiger partial charge in [-0.05, 0) is 36.8 Å². The molecule has 0 saturated carbocycles. The highest BCUT2D eigenvalue weighted by atomic mass is 19.1. The van der Waals surface area contributed by atoms with Gasteiger partial charge in [0.25, 0.3) is 0 Å². The van der Waals surface area contributed by atoms with Crippen LogP contribution in [0.2, 0.25) is 0 Å². The number of benzene rings is 2. The van der Waals surface area contributed by atoms with Gasteiger partial charge >= 0.3 is 0 Å². The second-order valence-electron chi connectivity index (χ2n) is 5.19. The number of Topliss-reactive ketones (excluding diaryl/α,β-unsaturated/α-hetero) is 1. The summed E-state index contributed by atoms with van der Waals surface area (Å²) in [6.45, 7) is 2.45. The van der Waals surface area contributed by atoms with Crippen molar-refractivity contribution in [3.05, 3.63) is 71.0 Å². The van der Waals surface area contributed by atoms with Gasteiger partial charge in [0.15, 0.2) is 5.78 Å². The Hall–Kier alpha value is -2.49. The molecule has 2 rings (SSSR count). The van der Waals surface area contributed by atoms with Gasteiger partial charge in [0.1, 0.15) is 5.82 Å². The number of nitrogens with one attached hydrogen (secondary N) is 1. The predicted octanol–water partition coefficient (Wildman–Crippen LogP) is 3.41. The highest BCUT2D eigenvalue weighted by molar-refractivity contribution is 5.97. The largest absolute Gasteiger partial charge is 0.352 e. The fourth-order valence-electron chi connectivity index (χ4n) is 2.00. The molecular formula is C18H18FNO2. The number of halogens is 1. The molecule has 0 aromatic heterocycles. The van der Waals surface area contributed by atoms with Crippen LogP contribution < -0.4 is 5.32 Å². The summed E-state index contributed by atoms with van der Waals surface area (Å²) >= 11 is 0. The zero-order chi connectivity index (χ0) is 15.9. The van der Waals surface area contributed by atoms with E-state index in [9.17, 15) is 14.0 Å². The van der Waals surface area contributed by atoms with Crippen molar-refractivity contribution < 1.29 is 14.0 Å². The molecule has 22 heavy (non-hydrogen) atoms. The molecule has 0 radical (unpaired) electrons. The number of carbonyl (C=O) groups excluding carboxylic acids is 2. The van der Waals surface area contributed by atoms with Crippen molar-refractivity contribution >= 4 is 11.7 Å². The second kappa shape index (κ2) is 7.50. The fraction of sp³-hybridized carbons (Fsp3) is 0.222. The molecule has 114 valence electrons. The normalized spacial score (nSPS) is 10.3. The van der Waals surface area contributed by atoms with Crippen LogP contribution in [0.25, 0.3) is 0 Å². The Morgan fingerprint density at radius 1 is 0.955 bits per heavy atom. The van der Waals surface area contributed by atoms with E-state index in [1.54, 1.807) is 0 Å². The van der Waals surface area contributed by atoms with E-state index < -0.39 is 0 Å². The lowest BCUT2D eigenvalue weighted by atomic mass is 10.1.